The number of nitrogens with zero attached hydrogens (tertiary/aromatic N) is 1. The molecule has 4 rings (SSSR count). The van der Waals surface area contributed by atoms with Crippen LogP contribution in [0, 0.1) is 17.0 Å². The Bertz CT molecular complexity index is 1340. The maximum atomic E-state index is 12.7. The molecule has 1 aliphatic rings. The van der Waals surface area contributed by atoms with E-state index in [9.17, 15) is 23.3 Å². The number of amides is 1. The molecule has 3 aromatic carbocycles. The number of carbonyl (C=O) groups is 1. The van der Waals surface area contributed by atoms with Crippen LogP contribution in [0.3, 0.4) is 0 Å². The van der Waals surface area contributed by atoms with Crippen molar-refractivity contribution in [2.24, 2.45) is 0 Å². The smallest absolute Gasteiger partial charge is 0.270 e. The second-order valence-corrected chi connectivity index (χ2v) is 8.91. The number of hydrogen-bond donors (Lipinski definition) is 2. The van der Waals surface area contributed by atoms with Gasteiger partial charge in [0.2, 0.25) is 6.79 Å². The van der Waals surface area contributed by atoms with Crippen LogP contribution in [0.25, 0.3) is 0 Å². The Morgan fingerprint density at radius 2 is 1.76 bits per heavy atom. The van der Waals surface area contributed by atoms with Gasteiger partial charge in [-0.05, 0) is 54.4 Å². The predicted octanol–water partition coefficient (Wildman–Crippen LogP) is 3.36. The van der Waals surface area contributed by atoms with Crippen molar-refractivity contribution in [3.05, 3.63) is 87.5 Å². The van der Waals surface area contributed by atoms with E-state index in [2.05, 4.69) is 10.0 Å². The molecule has 0 spiro atoms. The maximum absolute atomic E-state index is 12.7. The van der Waals surface area contributed by atoms with Crippen LogP contribution in [-0.4, -0.2) is 26.0 Å². The van der Waals surface area contributed by atoms with Crippen LogP contribution in [0.15, 0.2) is 65.6 Å². The minimum Gasteiger partial charge on any atom is -0.454 e. The first-order valence-corrected chi connectivity index (χ1v) is 11.3. The number of anilines is 1. The van der Waals surface area contributed by atoms with E-state index in [1.807, 2.05) is 6.07 Å². The molecule has 11 heteroatoms. The van der Waals surface area contributed by atoms with E-state index in [0.717, 1.165) is 11.6 Å². The van der Waals surface area contributed by atoms with Gasteiger partial charge in [-0.15, -0.1) is 0 Å². The molecule has 0 atom stereocenters. The number of benzene rings is 3. The molecule has 0 bridgehead atoms. The first-order valence-electron chi connectivity index (χ1n) is 9.77. The van der Waals surface area contributed by atoms with Gasteiger partial charge < -0.3 is 14.8 Å². The van der Waals surface area contributed by atoms with Crippen molar-refractivity contribution in [3.8, 4) is 11.5 Å². The summed E-state index contributed by atoms with van der Waals surface area (Å²) in [5.41, 5.74) is 1.44. The standard InChI is InChI=1S/C22H19N3O7S/c1-14-2-8-18(25(27)28)11-21(14)33(29,30)24-17-6-4-16(5-7-17)22(26)23-12-15-3-9-19-20(10-15)32-13-31-19/h2-11,24H,12-13H2,1H3,(H,23,26). The first-order chi connectivity index (χ1) is 15.7. The van der Waals surface area contributed by atoms with Crippen LogP contribution in [0.4, 0.5) is 11.4 Å². The van der Waals surface area contributed by atoms with Crippen LogP contribution < -0.4 is 19.5 Å². The van der Waals surface area contributed by atoms with E-state index in [4.69, 9.17) is 9.47 Å². The topological polar surface area (TPSA) is 137 Å². The van der Waals surface area contributed by atoms with Crippen molar-refractivity contribution in [1.29, 1.82) is 0 Å². The molecule has 0 unspecified atom stereocenters. The summed E-state index contributed by atoms with van der Waals surface area (Å²) in [7, 11) is -4.06. The van der Waals surface area contributed by atoms with Gasteiger partial charge in [-0.2, -0.15) is 0 Å². The van der Waals surface area contributed by atoms with Gasteiger partial charge in [0, 0.05) is 29.9 Å². The van der Waals surface area contributed by atoms with E-state index in [-0.39, 0.29) is 35.5 Å². The molecule has 0 aliphatic carbocycles. The van der Waals surface area contributed by atoms with Crippen LogP contribution in [0.1, 0.15) is 21.5 Å². The van der Waals surface area contributed by atoms with Crippen molar-refractivity contribution in [1.82, 2.24) is 5.32 Å². The lowest BCUT2D eigenvalue weighted by atomic mass is 10.1. The fourth-order valence-corrected chi connectivity index (χ4v) is 4.55. The molecule has 1 aliphatic heterocycles. The molecular formula is C22H19N3O7S. The third-order valence-electron chi connectivity index (χ3n) is 4.96. The van der Waals surface area contributed by atoms with Gasteiger partial charge in [-0.1, -0.05) is 12.1 Å². The van der Waals surface area contributed by atoms with Crippen LogP contribution in [-0.2, 0) is 16.6 Å². The number of rotatable bonds is 7. The van der Waals surface area contributed by atoms with Crippen molar-refractivity contribution >= 4 is 27.3 Å². The summed E-state index contributed by atoms with van der Waals surface area (Å²) in [6.45, 7) is 1.99. The minimum absolute atomic E-state index is 0.169. The molecule has 170 valence electrons. The Kier molecular flexibility index (Phi) is 5.88. The third kappa shape index (κ3) is 4.88. The highest BCUT2D eigenvalue weighted by Crippen LogP contribution is 2.32. The second-order valence-electron chi connectivity index (χ2n) is 7.26. The number of nitrogens with one attached hydrogen (secondary N) is 2. The molecular weight excluding hydrogens is 450 g/mol. The van der Waals surface area contributed by atoms with E-state index in [1.54, 1.807) is 19.1 Å². The summed E-state index contributed by atoms with van der Waals surface area (Å²) in [6.07, 6.45) is 0. The summed E-state index contributed by atoms with van der Waals surface area (Å²) in [5, 5.41) is 13.8. The molecule has 0 fully saturated rings. The summed E-state index contributed by atoms with van der Waals surface area (Å²) in [4.78, 5) is 22.6. The zero-order valence-electron chi connectivity index (χ0n) is 17.4. The fraction of sp³-hybridized carbons (Fsp3) is 0.136. The van der Waals surface area contributed by atoms with Gasteiger partial charge in [0.15, 0.2) is 11.5 Å². The number of ether oxygens (including phenoxy) is 2. The quantitative estimate of drug-likeness (QED) is 0.400. The highest BCUT2D eigenvalue weighted by molar-refractivity contribution is 7.92. The normalized spacial score (nSPS) is 12.3. The number of carbonyl (C=O) groups excluding carboxylic acids is 1. The van der Waals surface area contributed by atoms with Crippen molar-refractivity contribution in [2.45, 2.75) is 18.4 Å². The highest BCUT2D eigenvalue weighted by atomic mass is 32.2. The van der Waals surface area contributed by atoms with Crippen molar-refractivity contribution < 1.29 is 27.6 Å². The molecule has 0 saturated heterocycles. The predicted molar refractivity (Wildman–Crippen MR) is 119 cm³/mol. The van der Waals surface area contributed by atoms with Crippen LogP contribution in [0.5, 0.6) is 11.5 Å². The monoisotopic (exact) mass is 469 g/mol. The molecule has 0 aromatic heterocycles. The van der Waals surface area contributed by atoms with E-state index < -0.39 is 14.9 Å². The zero-order chi connectivity index (χ0) is 23.6. The minimum atomic E-state index is -4.06. The third-order valence-corrected chi connectivity index (χ3v) is 6.48. The molecule has 0 saturated carbocycles. The Labute approximate surface area is 189 Å². The summed E-state index contributed by atoms with van der Waals surface area (Å²) in [5.74, 6) is 0.942. The lowest BCUT2D eigenvalue weighted by Crippen LogP contribution is -2.22. The Morgan fingerprint density at radius 1 is 1.03 bits per heavy atom. The number of nitro benzene ring substituents is 1. The van der Waals surface area contributed by atoms with Crippen LogP contribution in [0.2, 0.25) is 0 Å². The van der Waals surface area contributed by atoms with Gasteiger partial charge >= 0.3 is 0 Å². The van der Waals surface area contributed by atoms with Gasteiger partial charge in [-0.25, -0.2) is 8.42 Å². The van der Waals surface area contributed by atoms with Crippen molar-refractivity contribution in [2.75, 3.05) is 11.5 Å². The SMILES string of the molecule is Cc1ccc([N+](=O)[O-])cc1S(=O)(=O)Nc1ccc(C(=O)NCc2ccc3c(c2)OCO3)cc1. The van der Waals surface area contributed by atoms with Gasteiger partial charge in [-0.3, -0.25) is 19.6 Å². The van der Waals surface area contributed by atoms with Gasteiger partial charge in [0.1, 0.15) is 0 Å². The average molecular weight is 469 g/mol. The molecule has 10 nitrogen and oxygen atoms in total. The summed E-state index contributed by atoms with van der Waals surface area (Å²) < 4.78 is 38.4. The molecule has 3 aromatic rings. The Morgan fingerprint density at radius 3 is 2.48 bits per heavy atom. The van der Waals surface area contributed by atoms with Crippen LogP contribution >= 0.6 is 0 Å². The molecule has 0 radical (unpaired) electrons. The highest BCUT2D eigenvalue weighted by Gasteiger charge is 2.21. The maximum Gasteiger partial charge on any atom is 0.270 e. The summed E-state index contributed by atoms with van der Waals surface area (Å²) in [6, 6.07) is 14.9. The number of fused-ring (bicyclic) bond motifs is 1. The second kappa shape index (κ2) is 8.79. The molecule has 33 heavy (non-hydrogen) atoms. The van der Waals surface area contributed by atoms with Crippen molar-refractivity contribution in [3.63, 3.8) is 0 Å². The number of hydrogen-bond acceptors (Lipinski definition) is 7. The number of nitro groups is 1. The molecule has 1 amide bonds. The van der Waals surface area contributed by atoms with Gasteiger partial charge in [0.25, 0.3) is 21.6 Å². The molecule has 2 N–H and O–H groups in total. The Hall–Kier alpha value is -4.12. The average Bonchev–Trinajstić information content (AvgIpc) is 3.25. The number of aryl methyl sites for hydroxylation is 1. The number of non-ortho nitro benzene ring substituents is 1. The molecule has 1 heterocycles. The number of sulfonamides is 1. The van der Waals surface area contributed by atoms with E-state index in [0.29, 0.717) is 22.6 Å². The summed E-state index contributed by atoms with van der Waals surface area (Å²) >= 11 is 0. The first kappa shape index (κ1) is 22.1. The van der Waals surface area contributed by atoms with Gasteiger partial charge in [0.05, 0.1) is 9.82 Å². The fourth-order valence-electron chi connectivity index (χ4n) is 3.23. The van der Waals surface area contributed by atoms with E-state index >= 15 is 0 Å². The lowest BCUT2D eigenvalue weighted by molar-refractivity contribution is -0.385. The Balaban J connectivity index is 1.42. The largest absolute Gasteiger partial charge is 0.454 e. The van der Waals surface area contributed by atoms with E-state index in [1.165, 1.54) is 36.4 Å². The zero-order valence-corrected chi connectivity index (χ0v) is 18.2. The lowest BCUT2D eigenvalue weighted by Gasteiger charge is -2.11.